The highest BCUT2D eigenvalue weighted by atomic mass is 35.5. The third-order valence-corrected chi connectivity index (χ3v) is 4.20. The van der Waals surface area contributed by atoms with Crippen LogP contribution < -0.4 is 4.72 Å². The summed E-state index contributed by atoms with van der Waals surface area (Å²) in [5.74, 6) is 1.07. The quantitative estimate of drug-likeness (QED) is 0.844. The largest absolute Gasteiger partial charge is 0.263 e. The van der Waals surface area contributed by atoms with Crippen LogP contribution in [-0.4, -0.2) is 29.4 Å². The van der Waals surface area contributed by atoms with E-state index in [9.17, 15) is 8.42 Å². The second kappa shape index (κ2) is 6.34. The molecule has 1 aromatic heterocycles. The van der Waals surface area contributed by atoms with Gasteiger partial charge in [-0.25, -0.2) is 18.1 Å². The van der Waals surface area contributed by atoms with Gasteiger partial charge in [0.1, 0.15) is 5.82 Å². The lowest BCUT2D eigenvalue weighted by molar-refractivity contribution is 0.578. The molecule has 0 saturated carbocycles. The number of hydrogen-bond acceptors (Lipinski definition) is 4. The molecule has 0 unspecified atom stereocenters. The van der Waals surface area contributed by atoms with Crippen molar-refractivity contribution in [2.45, 2.75) is 19.9 Å². The monoisotopic (exact) mass is 314 g/mol. The zero-order chi connectivity index (χ0) is 14.6. The van der Waals surface area contributed by atoms with E-state index < -0.39 is 10.0 Å². The van der Waals surface area contributed by atoms with E-state index in [0.717, 1.165) is 5.56 Å². The van der Waals surface area contributed by atoms with Crippen molar-refractivity contribution >= 4 is 21.6 Å². The summed E-state index contributed by atoms with van der Waals surface area (Å²) in [5, 5.41) is 7.13. The van der Waals surface area contributed by atoms with Gasteiger partial charge in [-0.2, -0.15) is 5.10 Å². The smallest absolute Gasteiger partial charge is 0.212 e. The molecule has 0 amide bonds. The number of sulfonamides is 1. The fourth-order valence-corrected chi connectivity index (χ4v) is 2.87. The van der Waals surface area contributed by atoms with Gasteiger partial charge in [0.2, 0.25) is 10.0 Å². The molecule has 6 nitrogen and oxygen atoms in total. The number of nitrogens with zero attached hydrogens (tertiary/aromatic N) is 2. The molecular weight excluding hydrogens is 300 g/mol. The van der Waals surface area contributed by atoms with Crippen LogP contribution in [0.3, 0.4) is 0 Å². The van der Waals surface area contributed by atoms with Crippen molar-refractivity contribution in [1.29, 1.82) is 0 Å². The van der Waals surface area contributed by atoms with Crippen molar-refractivity contribution in [3.8, 4) is 0 Å². The van der Waals surface area contributed by atoms with Crippen molar-refractivity contribution < 1.29 is 8.42 Å². The number of aromatic nitrogens is 3. The molecule has 2 N–H and O–H groups in total. The summed E-state index contributed by atoms with van der Waals surface area (Å²) in [7, 11) is -3.37. The first-order valence-electron chi connectivity index (χ1n) is 6.04. The Hall–Kier alpha value is -1.44. The Labute approximate surface area is 122 Å². The molecule has 0 bridgehead atoms. The number of H-pyrrole nitrogens is 1. The average Bonchev–Trinajstić information content (AvgIpc) is 2.81. The maximum Gasteiger partial charge on any atom is 0.212 e. The summed E-state index contributed by atoms with van der Waals surface area (Å²) in [6, 6.07) is 7.16. The highest BCUT2D eigenvalue weighted by molar-refractivity contribution is 7.89. The first kappa shape index (κ1) is 15.0. The van der Waals surface area contributed by atoms with Gasteiger partial charge < -0.3 is 0 Å². The van der Waals surface area contributed by atoms with Gasteiger partial charge in [-0.1, -0.05) is 23.7 Å². The highest BCUT2D eigenvalue weighted by Crippen LogP contribution is 2.11. The van der Waals surface area contributed by atoms with E-state index in [0.29, 0.717) is 23.1 Å². The van der Waals surface area contributed by atoms with Gasteiger partial charge in [0, 0.05) is 5.02 Å². The molecule has 8 heteroatoms. The van der Waals surface area contributed by atoms with Crippen LogP contribution in [0.5, 0.6) is 0 Å². The van der Waals surface area contributed by atoms with Crippen molar-refractivity contribution in [3.05, 3.63) is 46.5 Å². The number of halogens is 1. The minimum Gasteiger partial charge on any atom is -0.263 e. The Morgan fingerprint density at radius 2 is 2.20 bits per heavy atom. The third-order valence-electron chi connectivity index (χ3n) is 2.64. The molecule has 0 aliphatic carbocycles. The molecular formula is C12H15ClN4O2S. The maximum atomic E-state index is 11.9. The number of rotatable bonds is 6. The van der Waals surface area contributed by atoms with Crippen LogP contribution in [0.1, 0.15) is 17.2 Å². The fraction of sp³-hybridized carbons (Fsp3) is 0.333. The molecule has 2 rings (SSSR count). The number of hydrogen-bond donors (Lipinski definition) is 2. The Morgan fingerprint density at radius 1 is 1.40 bits per heavy atom. The van der Waals surface area contributed by atoms with Crippen LogP contribution in [-0.2, 0) is 23.0 Å². The number of nitrogens with one attached hydrogen (secondary N) is 2. The second-order valence-corrected chi connectivity index (χ2v) is 6.72. The zero-order valence-corrected chi connectivity index (χ0v) is 12.5. The Morgan fingerprint density at radius 3 is 2.85 bits per heavy atom. The molecule has 1 aromatic carbocycles. The summed E-state index contributed by atoms with van der Waals surface area (Å²) in [5.41, 5.74) is 0.886. The molecule has 2 aromatic rings. The maximum absolute atomic E-state index is 11.9. The number of aryl methyl sites for hydroxylation is 2. The molecule has 0 spiro atoms. The van der Waals surface area contributed by atoms with Crippen LogP contribution >= 0.6 is 11.6 Å². The first-order valence-corrected chi connectivity index (χ1v) is 8.07. The van der Waals surface area contributed by atoms with E-state index in [-0.39, 0.29) is 12.3 Å². The van der Waals surface area contributed by atoms with Crippen LogP contribution in [0.2, 0.25) is 5.02 Å². The molecule has 0 aliphatic rings. The molecule has 0 saturated heterocycles. The van der Waals surface area contributed by atoms with E-state index in [2.05, 4.69) is 19.9 Å². The number of aromatic amines is 1. The van der Waals surface area contributed by atoms with E-state index >= 15 is 0 Å². The first-order chi connectivity index (χ1) is 9.44. The molecule has 0 radical (unpaired) electrons. The van der Waals surface area contributed by atoms with Gasteiger partial charge in [-0.15, -0.1) is 0 Å². The summed E-state index contributed by atoms with van der Waals surface area (Å²) in [4.78, 5) is 4.03. The minimum absolute atomic E-state index is 0.00323. The Bertz CT molecular complexity index is 684. The lowest BCUT2D eigenvalue weighted by Crippen LogP contribution is -2.27. The lowest BCUT2D eigenvalue weighted by atomic mass is 10.2. The summed E-state index contributed by atoms with van der Waals surface area (Å²) in [6.45, 7) is 1.84. The van der Waals surface area contributed by atoms with Gasteiger partial charge >= 0.3 is 0 Å². The van der Waals surface area contributed by atoms with Gasteiger partial charge in [-0.05, 0) is 31.0 Å². The minimum atomic E-state index is -3.37. The van der Waals surface area contributed by atoms with E-state index in [4.69, 9.17) is 11.6 Å². The normalized spacial score (nSPS) is 11.7. The van der Waals surface area contributed by atoms with Crippen molar-refractivity contribution in [1.82, 2.24) is 19.9 Å². The van der Waals surface area contributed by atoms with Gasteiger partial charge in [-0.3, -0.25) is 5.10 Å². The Balaban J connectivity index is 1.88. The Kier molecular flexibility index (Phi) is 4.74. The van der Waals surface area contributed by atoms with E-state index in [1.807, 2.05) is 6.07 Å². The molecule has 108 valence electrons. The lowest BCUT2D eigenvalue weighted by Gasteiger charge is -2.05. The van der Waals surface area contributed by atoms with E-state index in [1.165, 1.54) is 0 Å². The SMILES string of the molecule is Cc1nc(CNS(=O)(=O)CCc2cccc(Cl)c2)n[nH]1. The predicted octanol–water partition coefficient (Wildman–Crippen LogP) is 1.43. The summed E-state index contributed by atoms with van der Waals surface area (Å²) >= 11 is 5.85. The van der Waals surface area contributed by atoms with E-state index in [1.54, 1.807) is 25.1 Å². The predicted molar refractivity (Wildman–Crippen MR) is 76.9 cm³/mol. The highest BCUT2D eigenvalue weighted by Gasteiger charge is 2.12. The zero-order valence-electron chi connectivity index (χ0n) is 10.9. The summed E-state index contributed by atoms with van der Waals surface area (Å²) < 4.78 is 26.2. The molecule has 1 heterocycles. The van der Waals surface area contributed by atoms with Crippen LogP contribution in [0.25, 0.3) is 0 Å². The molecule has 0 fully saturated rings. The van der Waals surface area contributed by atoms with Gasteiger partial charge in [0.15, 0.2) is 5.82 Å². The topological polar surface area (TPSA) is 87.7 Å². The standard InChI is InChI=1S/C12H15ClN4O2S/c1-9-15-12(17-16-9)8-14-20(18,19)6-5-10-3-2-4-11(13)7-10/h2-4,7,14H,5-6,8H2,1H3,(H,15,16,17). The third kappa shape index (κ3) is 4.59. The molecule has 20 heavy (non-hydrogen) atoms. The van der Waals surface area contributed by atoms with Crippen molar-refractivity contribution in [2.75, 3.05) is 5.75 Å². The van der Waals surface area contributed by atoms with Crippen LogP contribution in [0, 0.1) is 6.92 Å². The average molecular weight is 315 g/mol. The molecule has 0 atom stereocenters. The van der Waals surface area contributed by atoms with Crippen molar-refractivity contribution in [3.63, 3.8) is 0 Å². The second-order valence-electron chi connectivity index (χ2n) is 4.36. The van der Waals surface area contributed by atoms with Crippen LogP contribution in [0.15, 0.2) is 24.3 Å². The summed E-state index contributed by atoms with van der Waals surface area (Å²) in [6.07, 6.45) is 0.406. The van der Waals surface area contributed by atoms with Gasteiger partial charge in [0.05, 0.1) is 12.3 Å². The van der Waals surface area contributed by atoms with Crippen LogP contribution in [0.4, 0.5) is 0 Å². The number of benzene rings is 1. The van der Waals surface area contributed by atoms with Crippen molar-refractivity contribution in [2.24, 2.45) is 0 Å². The molecule has 0 aliphatic heterocycles. The van der Waals surface area contributed by atoms with Gasteiger partial charge in [0.25, 0.3) is 0 Å². The fourth-order valence-electron chi connectivity index (χ4n) is 1.66.